The molecule has 0 aliphatic heterocycles. The third-order valence-corrected chi connectivity index (χ3v) is 2.52. The Bertz CT molecular complexity index is 441. The van der Waals surface area contributed by atoms with Crippen LogP contribution in [0.15, 0.2) is 24.3 Å². The van der Waals surface area contributed by atoms with E-state index in [0.29, 0.717) is 5.92 Å². The normalized spacial score (nSPS) is 9.56. The molecular formula is C16H28N2. The fourth-order valence-electron chi connectivity index (χ4n) is 1.87. The summed E-state index contributed by atoms with van der Waals surface area (Å²) in [6.45, 7) is 15.5. The van der Waals surface area contributed by atoms with Gasteiger partial charge in [0.2, 0.25) is 0 Å². The van der Waals surface area contributed by atoms with Crippen LogP contribution in [0.2, 0.25) is 0 Å². The summed E-state index contributed by atoms with van der Waals surface area (Å²) < 4.78 is 2.29. The Morgan fingerprint density at radius 3 is 2.11 bits per heavy atom. The lowest BCUT2D eigenvalue weighted by atomic mass is 10.2. The second-order valence-electron chi connectivity index (χ2n) is 3.86. The first kappa shape index (κ1) is 16.7. The predicted octanol–water partition coefficient (Wildman–Crippen LogP) is 5.23. The van der Waals surface area contributed by atoms with E-state index in [-0.39, 0.29) is 0 Å². The molecule has 0 spiro atoms. The van der Waals surface area contributed by atoms with E-state index >= 15 is 0 Å². The first-order valence-corrected chi connectivity index (χ1v) is 7.19. The fraction of sp³-hybridized carbons (Fsp3) is 0.562. The van der Waals surface area contributed by atoms with Gasteiger partial charge in [-0.3, -0.25) is 0 Å². The van der Waals surface area contributed by atoms with Gasteiger partial charge in [0, 0.05) is 12.5 Å². The van der Waals surface area contributed by atoms with Gasteiger partial charge in [-0.2, -0.15) is 0 Å². The Balaban J connectivity index is 0.000000659. The van der Waals surface area contributed by atoms with Gasteiger partial charge in [-0.15, -0.1) is 0 Å². The average molecular weight is 248 g/mol. The van der Waals surface area contributed by atoms with Crippen LogP contribution < -0.4 is 0 Å². The van der Waals surface area contributed by atoms with Gasteiger partial charge in [0.15, 0.2) is 0 Å². The molecule has 0 amide bonds. The second kappa shape index (κ2) is 8.73. The lowest BCUT2D eigenvalue weighted by Gasteiger charge is -2.07. The lowest BCUT2D eigenvalue weighted by Crippen LogP contribution is -2.02. The van der Waals surface area contributed by atoms with Gasteiger partial charge >= 0.3 is 0 Å². The first-order valence-electron chi connectivity index (χ1n) is 7.19. The van der Waals surface area contributed by atoms with E-state index in [9.17, 15) is 0 Å². The van der Waals surface area contributed by atoms with Crippen molar-refractivity contribution in [3.05, 3.63) is 30.1 Å². The van der Waals surface area contributed by atoms with E-state index in [4.69, 9.17) is 0 Å². The Kier molecular flexibility index (Phi) is 8.10. The van der Waals surface area contributed by atoms with Crippen molar-refractivity contribution in [3.8, 4) is 0 Å². The Morgan fingerprint density at radius 1 is 1.06 bits per heavy atom. The van der Waals surface area contributed by atoms with Gasteiger partial charge in [0.05, 0.1) is 11.0 Å². The minimum absolute atomic E-state index is 0.488. The SMILES string of the molecule is CC.CC.CCn1c(C(C)C)nc2ccccc21. The average Bonchev–Trinajstić information content (AvgIpc) is 2.82. The number of imidazole rings is 1. The number of fused-ring (bicyclic) bond motifs is 1. The van der Waals surface area contributed by atoms with E-state index in [2.05, 4.69) is 48.5 Å². The van der Waals surface area contributed by atoms with E-state index < -0.39 is 0 Å². The zero-order valence-electron chi connectivity index (χ0n) is 13.0. The Morgan fingerprint density at radius 2 is 1.61 bits per heavy atom. The minimum atomic E-state index is 0.488. The highest BCUT2D eigenvalue weighted by atomic mass is 15.1. The second-order valence-corrected chi connectivity index (χ2v) is 3.86. The van der Waals surface area contributed by atoms with Crippen LogP contribution in [-0.2, 0) is 6.54 Å². The van der Waals surface area contributed by atoms with Gasteiger partial charge in [0.25, 0.3) is 0 Å². The number of hydrogen-bond donors (Lipinski definition) is 0. The topological polar surface area (TPSA) is 17.8 Å². The van der Waals surface area contributed by atoms with Gasteiger partial charge in [0.1, 0.15) is 5.82 Å². The van der Waals surface area contributed by atoms with Crippen molar-refractivity contribution in [2.24, 2.45) is 0 Å². The molecule has 2 aromatic rings. The largest absolute Gasteiger partial charge is 0.328 e. The number of nitrogens with zero attached hydrogens (tertiary/aromatic N) is 2. The molecule has 1 aromatic heterocycles. The molecule has 0 fully saturated rings. The minimum Gasteiger partial charge on any atom is -0.328 e. The van der Waals surface area contributed by atoms with Crippen molar-refractivity contribution in [1.29, 1.82) is 0 Å². The maximum Gasteiger partial charge on any atom is 0.112 e. The molecule has 2 nitrogen and oxygen atoms in total. The monoisotopic (exact) mass is 248 g/mol. The maximum absolute atomic E-state index is 4.65. The quantitative estimate of drug-likeness (QED) is 0.711. The number of rotatable bonds is 2. The summed E-state index contributed by atoms with van der Waals surface area (Å²) in [7, 11) is 0. The van der Waals surface area contributed by atoms with Crippen LogP contribution in [0.1, 0.15) is 60.2 Å². The number of benzene rings is 1. The van der Waals surface area contributed by atoms with E-state index in [0.717, 1.165) is 12.1 Å². The molecule has 1 heterocycles. The molecule has 0 unspecified atom stereocenters. The van der Waals surface area contributed by atoms with Crippen molar-refractivity contribution in [1.82, 2.24) is 9.55 Å². The van der Waals surface area contributed by atoms with Crippen LogP contribution >= 0.6 is 0 Å². The van der Waals surface area contributed by atoms with Crippen molar-refractivity contribution in [2.75, 3.05) is 0 Å². The zero-order valence-corrected chi connectivity index (χ0v) is 13.0. The van der Waals surface area contributed by atoms with E-state index in [1.54, 1.807) is 0 Å². The van der Waals surface area contributed by atoms with Crippen molar-refractivity contribution in [2.45, 2.75) is 60.9 Å². The molecule has 1 aromatic carbocycles. The summed E-state index contributed by atoms with van der Waals surface area (Å²) >= 11 is 0. The molecule has 102 valence electrons. The molecule has 0 N–H and O–H groups in total. The molecule has 0 bridgehead atoms. The maximum atomic E-state index is 4.65. The Labute approximate surface area is 112 Å². The van der Waals surface area contributed by atoms with Crippen LogP contribution in [0.3, 0.4) is 0 Å². The number of hydrogen-bond acceptors (Lipinski definition) is 1. The molecule has 0 atom stereocenters. The van der Waals surface area contributed by atoms with Gasteiger partial charge < -0.3 is 4.57 Å². The van der Waals surface area contributed by atoms with Crippen LogP contribution in [0.25, 0.3) is 11.0 Å². The fourth-order valence-corrected chi connectivity index (χ4v) is 1.87. The molecule has 2 rings (SSSR count). The molecule has 0 aliphatic rings. The Hall–Kier alpha value is -1.31. The van der Waals surface area contributed by atoms with Crippen LogP contribution in [0.4, 0.5) is 0 Å². The molecule has 0 aliphatic carbocycles. The number of para-hydroxylation sites is 2. The van der Waals surface area contributed by atoms with Gasteiger partial charge in [-0.1, -0.05) is 53.7 Å². The third kappa shape index (κ3) is 3.59. The van der Waals surface area contributed by atoms with Gasteiger partial charge in [-0.25, -0.2) is 4.98 Å². The van der Waals surface area contributed by atoms with Crippen LogP contribution in [0, 0.1) is 0 Å². The van der Waals surface area contributed by atoms with Crippen molar-refractivity contribution < 1.29 is 0 Å². The molecule has 18 heavy (non-hydrogen) atoms. The number of aryl methyl sites for hydroxylation is 1. The first-order chi connectivity index (χ1) is 8.74. The lowest BCUT2D eigenvalue weighted by molar-refractivity contribution is 0.667. The van der Waals surface area contributed by atoms with E-state index in [1.807, 2.05) is 33.8 Å². The van der Waals surface area contributed by atoms with Gasteiger partial charge in [-0.05, 0) is 19.1 Å². The molecule has 0 saturated carbocycles. The predicted molar refractivity (Wildman–Crippen MR) is 82.2 cm³/mol. The van der Waals surface area contributed by atoms with Crippen molar-refractivity contribution >= 4 is 11.0 Å². The standard InChI is InChI=1S/C12H16N2.2C2H6/c1-4-14-11-8-6-5-7-10(11)13-12(14)9(2)3;2*1-2/h5-9H,4H2,1-3H3;2*1-2H3. The zero-order chi connectivity index (χ0) is 14.1. The van der Waals surface area contributed by atoms with Crippen LogP contribution in [0.5, 0.6) is 0 Å². The third-order valence-electron chi connectivity index (χ3n) is 2.52. The highest BCUT2D eigenvalue weighted by Crippen LogP contribution is 2.21. The summed E-state index contributed by atoms with van der Waals surface area (Å²) in [5.74, 6) is 1.68. The number of aromatic nitrogens is 2. The summed E-state index contributed by atoms with van der Waals surface area (Å²) in [4.78, 5) is 4.65. The highest BCUT2D eigenvalue weighted by Gasteiger charge is 2.11. The summed E-state index contributed by atoms with van der Waals surface area (Å²) in [6.07, 6.45) is 0. The van der Waals surface area contributed by atoms with Crippen LogP contribution in [-0.4, -0.2) is 9.55 Å². The molecule has 2 heteroatoms. The summed E-state index contributed by atoms with van der Waals surface area (Å²) in [5, 5.41) is 0. The molecule has 0 radical (unpaired) electrons. The van der Waals surface area contributed by atoms with Crippen molar-refractivity contribution in [3.63, 3.8) is 0 Å². The summed E-state index contributed by atoms with van der Waals surface area (Å²) in [5.41, 5.74) is 2.36. The molecule has 0 saturated heterocycles. The van der Waals surface area contributed by atoms with E-state index in [1.165, 1.54) is 11.3 Å². The smallest absolute Gasteiger partial charge is 0.112 e. The molecular weight excluding hydrogens is 220 g/mol. The summed E-state index contributed by atoms with van der Waals surface area (Å²) in [6, 6.07) is 8.32. The highest BCUT2D eigenvalue weighted by molar-refractivity contribution is 5.76.